The van der Waals surface area contributed by atoms with Crippen molar-refractivity contribution in [3.05, 3.63) is 12.1 Å². The molecule has 1 aliphatic rings. The van der Waals surface area contributed by atoms with Crippen molar-refractivity contribution in [2.24, 2.45) is 0 Å². The molecule has 148 valence electrons. The highest BCUT2D eigenvalue weighted by atomic mass is 19.4. The fraction of sp³-hybridized carbons (Fsp3) is 0.778. The van der Waals surface area contributed by atoms with Gasteiger partial charge in [-0.05, 0) is 0 Å². The second-order valence-corrected chi connectivity index (χ2v) is 4.55. The molecule has 0 aromatic heterocycles. The maximum atomic E-state index is 13.5. The smallest absolute Gasteiger partial charge is 0.452 e. The SMILES string of the molecule is FC(=COC1(F)C(F)(F)C(F)(F)C(F)(F)C1(F)F)C(F)(F)C(F)(F)F. The molecule has 16 heteroatoms. The number of ether oxygens (including phenoxy) is 1. The van der Waals surface area contributed by atoms with Gasteiger partial charge < -0.3 is 4.74 Å². The standard InChI is InChI=1S/C9HF15O/c10-2(3(11,12)9(22,23)24)1-25-8(21)6(17,18)4(13,14)5(15,16)7(8,19)20/h1H. The highest BCUT2D eigenvalue weighted by molar-refractivity contribution is 5.24. The Hall–Kier alpha value is -1.51. The van der Waals surface area contributed by atoms with Crippen molar-refractivity contribution in [1.29, 1.82) is 0 Å². The Morgan fingerprint density at radius 2 is 0.960 bits per heavy atom. The van der Waals surface area contributed by atoms with E-state index in [0.717, 1.165) is 0 Å². The van der Waals surface area contributed by atoms with E-state index in [-0.39, 0.29) is 0 Å². The zero-order chi connectivity index (χ0) is 20.5. The number of allylic oxidation sites excluding steroid dienone is 1. The summed E-state index contributed by atoms with van der Waals surface area (Å²) in [5.41, 5.74) is 0. The van der Waals surface area contributed by atoms with Crippen LogP contribution in [0.3, 0.4) is 0 Å². The van der Waals surface area contributed by atoms with Gasteiger partial charge in [0.2, 0.25) is 5.83 Å². The Labute approximate surface area is 126 Å². The first kappa shape index (κ1) is 21.5. The van der Waals surface area contributed by atoms with Gasteiger partial charge in [-0.15, -0.1) is 0 Å². The maximum absolute atomic E-state index is 13.5. The van der Waals surface area contributed by atoms with E-state index in [1.54, 1.807) is 0 Å². The summed E-state index contributed by atoms with van der Waals surface area (Å²) in [5, 5.41) is 0. The van der Waals surface area contributed by atoms with Crippen molar-refractivity contribution in [3.63, 3.8) is 0 Å². The minimum Gasteiger partial charge on any atom is -0.452 e. The van der Waals surface area contributed by atoms with Crippen LogP contribution in [-0.4, -0.2) is 41.6 Å². The van der Waals surface area contributed by atoms with Gasteiger partial charge >= 0.3 is 41.6 Å². The van der Waals surface area contributed by atoms with E-state index in [0.29, 0.717) is 0 Å². The minimum atomic E-state index is -7.17. The van der Waals surface area contributed by atoms with Crippen LogP contribution in [0.15, 0.2) is 12.1 Å². The largest absolute Gasteiger partial charge is 0.460 e. The molecule has 0 bridgehead atoms. The third kappa shape index (κ3) is 2.27. The fourth-order valence-electron chi connectivity index (χ4n) is 1.49. The lowest BCUT2D eigenvalue weighted by molar-refractivity contribution is -0.341. The first-order valence-electron chi connectivity index (χ1n) is 5.31. The van der Waals surface area contributed by atoms with Crippen molar-refractivity contribution >= 4 is 0 Å². The van der Waals surface area contributed by atoms with Gasteiger partial charge in [-0.1, -0.05) is 0 Å². The van der Waals surface area contributed by atoms with Crippen LogP contribution in [0.4, 0.5) is 65.9 Å². The molecule has 1 aliphatic carbocycles. The Balaban J connectivity index is 3.44. The molecule has 0 amide bonds. The Morgan fingerprint density at radius 1 is 0.640 bits per heavy atom. The van der Waals surface area contributed by atoms with Gasteiger partial charge in [0.15, 0.2) is 0 Å². The molecule has 0 radical (unpaired) electrons. The fourth-order valence-corrected chi connectivity index (χ4v) is 1.49. The molecule has 0 N–H and O–H groups in total. The van der Waals surface area contributed by atoms with Gasteiger partial charge in [0.05, 0.1) is 0 Å². The number of rotatable bonds is 3. The highest BCUT2D eigenvalue weighted by Gasteiger charge is 3.02. The van der Waals surface area contributed by atoms with Gasteiger partial charge in [0.1, 0.15) is 6.26 Å². The molecule has 0 unspecified atom stereocenters. The molecule has 0 aliphatic heterocycles. The Kier molecular flexibility index (Phi) is 4.32. The zero-order valence-corrected chi connectivity index (χ0v) is 10.7. The average molecular weight is 410 g/mol. The molecular weight excluding hydrogens is 409 g/mol. The quantitative estimate of drug-likeness (QED) is 0.458. The molecule has 1 fully saturated rings. The topological polar surface area (TPSA) is 9.23 Å². The van der Waals surface area contributed by atoms with E-state index in [1.165, 1.54) is 0 Å². The van der Waals surface area contributed by atoms with E-state index in [9.17, 15) is 65.9 Å². The summed E-state index contributed by atoms with van der Waals surface area (Å²) in [6.45, 7) is 0. The third-order valence-corrected chi connectivity index (χ3v) is 2.97. The lowest BCUT2D eigenvalue weighted by Crippen LogP contribution is -2.56. The van der Waals surface area contributed by atoms with Crippen LogP contribution in [0.2, 0.25) is 0 Å². The van der Waals surface area contributed by atoms with Crippen LogP contribution < -0.4 is 0 Å². The first-order valence-corrected chi connectivity index (χ1v) is 5.31. The molecule has 0 spiro atoms. The van der Waals surface area contributed by atoms with Crippen molar-refractivity contribution in [1.82, 2.24) is 0 Å². The molecule has 1 saturated carbocycles. The number of halogens is 15. The predicted molar refractivity (Wildman–Crippen MR) is 44.9 cm³/mol. The van der Waals surface area contributed by atoms with Crippen LogP contribution in [0.25, 0.3) is 0 Å². The molecule has 1 nitrogen and oxygen atoms in total. The molecular formula is C9HF15O. The summed E-state index contributed by atoms with van der Waals surface area (Å²) in [4.78, 5) is 0. The molecule has 0 aromatic rings. The number of hydrogen-bond donors (Lipinski definition) is 0. The van der Waals surface area contributed by atoms with Crippen LogP contribution in [0.1, 0.15) is 0 Å². The number of hydrogen-bond acceptors (Lipinski definition) is 1. The normalized spacial score (nSPS) is 27.2. The summed E-state index contributed by atoms with van der Waals surface area (Å²) in [6.07, 6.45) is -8.87. The van der Waals surface area contributed by atoms with Gasteiger partial charge in [0, 0.05) is 0 Å². The molecule has 0 aromatic carbocycles. The van der Waals surface area contributed by atoms with Crippen molar-refractivity contribution in [2.45, 2.75) is 41.6 Å². The van der Waals surface area contributed by atoms with Gasteiger partial charge in [-0.25, -0.2) is 4.39 Å². The van der Waals surface area contributed by atoms with Crippen LogP contribution in [-0.2, 0) is 4.74 Å². The van der Waals surface area contributed by atoms with Gasteiger partial charge in [-0.3, -0.25) is 0 Å². The molecule has 0 heterocycles. The Bertz CT molecular complexity index is 544. The van der Waals surface area contributed by atoms with Gasteiger partial charge in [-0.2, -0.15) is 61.5 Å². The zero-order valence-electron chi connectivity index (χ0n) is 10.7. The first-order chi connectivity index (χ1) is 10.6. The third-order valence-electron chi connectivity index (χ3n) is 2.97. The van der Waals surface area contributed by atoms with Crippen molar-refractivity contribution in [3.8, 4) is 0 Å². The van der Waals surface area contributed by atoms with E-state index in [1.807, 2.05) is 0 Å². The second-order valence-electron chi connectivity index (χ2n) is 4.55. The van der Waals surface area contributed by atoms with E-state index >= 15 is 0 Å². The van der Waals surface area contributed by atoms with E-state index < -0.39 is 53.7 Å². The summed E-state index contributed by atoms with van der Waals surface area (Å²) in [5.74, 6) is -46.2. The lowest BCUT2D eigenvalue weighted by atomic mass is 10.1. The molecule has 0 saturated heterocycles. The van der Waals surface area contributed by atoms with Crippen LogP contribution in [0, 0.1) is 0 Å². The average Bonchev–Trinajstić information content (AvgIpc) is 2.45. The van der Waals surface area contributed by atoms with Crippen molar-refractivity contribution in [2.75, 3.05) is 0 Å². The van der Waals surface area contributed by atoms with Crippen molar-refractivity contribution < 1.29 is 70.6 Å². The maximum Gasteiger partial charge on any atom is 0.460 e. The molecule has 25 heavy (non-hydrogen) atoms. The molecule has 0 atom stereocenters. The Morgan fingerprint density at radius 3 is 1.24 bits per heavy atom. The van der Waals surface area contributed by atoms with E-state index in [2.05, 4.69) is 4.74 Å². The highest BCUT2D eigenvalue weighted by Crippen LogP contribution is 2.69. The summed E-state index contributed by atoms with van der Waals surface area (Å²) >= 11 is 0. The minimum absolute atomic E-state index is 2.06. The summed E-state index contributed by atoms with van der Waals surface area (Å²) in [6, 6.07) is 0. The monoisotopic (exact) mass is 410 g/mol. The number of alkyl halides is 14. The van der Waals surface area contributed by atoms with Crippen LogP contribution >= 0.6 is 0 Å². The second kappa shape index (κ2) is 5.02. The van der Waals surface area contributed by atoms with Gasteiger partial charge in [0.25, 0.3) is 0 Å². The predicted octanol–water partition coefficient (Wildman–Crippen LogP) is 5.23. The lowest BCUT2D eigenvalue weighted by Gasteiger charge is -2.30. The van der Waals surface area contributed by atoms with E-state index in [4.69, 9.17) is 0 Å². The summed E-state index contributed by atoms with van der Waals surface area (Å²) in [7, 11) is 0. The summed E-state index contributed by atoms with van der Waals surface area (Å²) < 4.78 is 191. The molecule has 1 rings (SSSR count). The van der Waals surface area contributed by atoms with Crippen LogP contribution in [0.5, 0.6) is 0 Å².